The van der Waals surface area contributed by atoms with E-state index in [2.05, 4.69) is 11.5 Å². The Labute approximate surface area is 53.6 Å². The summed E-state index contributed by atoms with van der Waals surface area (Å²) in [6.45, 7) is 0. The van der Waals surface area contributed by atoms with E-state index < -0.39 is 0 Å². The maximum absolute atomic E-state index is 5.42. The molecule has 0 heterocycles. The fourth-order valence-electron chi connectivity index (χ4n) is 0.566. The molecule has 9 heavy (non-hydrogen) atoms. The summed E-state index contributed by atoms with van der Waals surface area (Å²) in [5.41, 5.74) is 11.3. The minimum atomic E-state index is 0.500. The highest BCUT2D eigenvalue weighted by Gasteiger charge is 1.97. The second-order valence-corrected chi connectivity index (χ2v) is 1.58. The van der Waals surface area contributed by atoms with Crippen LogP contribution in [-0.4, -0.2) is 7.11 Å². The summed E-state index contributed by atoms with van der Waals surface area (Å²) in [7, 11) is 1.57. The molecule has 0 bridgehead atoms. The third-order valence-corrected chi connectivity index (χ3v) is 1.01. The molecule has 1 aliphatic carbocycles. The lowest BCUT2D eigenvalue weighted by Gasteiger charge is -2.02. The topological polar surface area (TPSA) is 35.2 Å². The Morgan fingerprint density at radius 2 is 2.44 bits per heavy atom. The zero-order valence-electron chi connectivity index (χ0n) is 5.14. The van der Waals surface area contributed by atoms with E-state index in [0.29, 0.717) is 11.5 Å². The van der Waals surface area contributed by atoms with Crippen molar-refractivity contribution in [1.82, 2.24) is 0 Å². The Hall–Kier alpha value is -1.36. The van der Waals surface area contributed by atoms with Gasteiger partial charge >= 0.3 is 0 Å². The first-order valence-corrected chi connectivity index (χ1v) is 2.56. The Bertz CT molecular complexity index is 238. The van der Waals surface area contributed by atoms with Crippen LogP contribution in [0.25, 0.3) is 0 Å². The van der Waals surface area contributed by atoms with E-state index in [0.717, 1.165) is 0 Å². The van der Waals surface area contributed by atoms with Crippen LogP contribution in [0.2, 0.25) is 0 Å². The van der Waals surface area contributed by atoms with Gasteiger partial charge in [-0.2, -0.15) is 0 Å². The van der Waals surface area contributed by atoms with E-state index in [1.165, 1.54) is 0 Å². The number of methoxy groups -OCH3 is 1. The van der Waals surface area contributed by atoms with Crippen molar-refractivity contribution in [3.05, 3.63) is 35.1 Å². The fraction of sp³-hybridized carbons (Fsp3) is 0.143. The number of hydrogen-bond donors (Lipinski definition) is 1. The molecular weight excluding hydrogens is 114 g/mol. The molecule has 0 aliphatic heterocycles. The van der Waals surface area contributed by atoms with Gasteiger partial charge in [0.25, 0.3) is 0 Å². The van der Waals surface area contributed by atoms with Gasteiger partial charge in [-0.15, -0.1) is 0 Å². The Morgan fingerprint density at radius 1 is 1.67 bits per heavy atom. The maximum atomic E-state index is 5.42. The van der Waals surface area contributed by atoms with Crippen molar-refractivity contribution in [2.45, 2.75) is 0 Å². The average Bonchev–Trinajstić information content (AvgIpc) is 1.89. The Morgan fingerprint density at radius 3 is 2.89 bits per heavy atom. The van der Waals surface area contributed by atoms with Gasteiger partial charge in [-0.3, -0.25) is 0 Å². The number of allylic oxidation sites excluding steroid dienone is 2. The Balaban J connectivity index is 2.97. The molecule has 2 N–H and O–H groups in total. The Kier molecular flexibility index (Phi) is 1.46. The lowest BCUT2D eigenvalue weighted by atomic mass is 10.3. The lowest BCUT2D eigenvalue weighted by Crippen LogP contribution is -2.01. The number of hydrogen-bond acceptors (Lipinski definition) is 2. The maximum Gasteiger partial charge on any atom is 0.151 e. The normalized spacial score (nSPS) is 14.8. The van der Waals surface area contributed by atoms with Gasteiger partial charge in [0.05, 0.1) is 7.11 Å². The van der Waals surface area contributed by atoms with Crippen molar-refractivity contribution in [3.63, 3.8) is 0 Å². The summed E-state index contributed by atoms with van der Waals surface area (Å²) >= 11 is 0. The van der Waals surface area contributed by atoms with Crippen LogP contribution in [0.3, 0.4) is 0 Å². The van der Waals surface area contributed by atoms with E-state index in [1.807, 2.05) is 0 Å². The minimum absolute atomic E-state index is 0.500. The summed E-state index contributed by atoms with van der Waals surface area (Å²) in [6.07, 6.45) is 3.45. The van der Waals surface area contributed by atoms with Gasteiger partial charge in [0.1, 0.15) is 5.70 Å². The van der Waals surface area contributed by atoms with Gasteiger partial charge in [0.15, 0.2) is 5.76 Å². The van der Waals surface area contributed by atoms with Crippen molar-refractivity contribution in [2.24, 2.45) is 5.73 Å². The van der Waals surface area contributed by atoms with Crippen LogP contribution in [0.15, 0.2) is 35.1 Å². The highest BCUT2D eigenvalue weighted by atomic mass is 16.5. The van der Waals surface area contributed by atoms with Gasteiger partial charge < -0.3 is 10.5 Å². The predicted octanol–water partition coefficient (Wildman–Crippen LogP) is 0.683. The standard InChI is InChI=1S/C7H7NO/c1-9-7-5-3-2-4-6(7)8/h3,5H,8H2,1H3. The third-order valence-electron chi connectivity index (χ3n) is 1.01. The van der Waals surface area contributed by atoms with Crippen molar-refractivity contribution in [1.29, 1.82) is 0 Å². The van der Waals surface area contributed by atoms with Crippen LogP contribution >= 0.6 is 0 Å². The molecular formula is C7H7NO. The summed E-state index contributed by atoms with van der Waals surface area (Å²) < 4.78 is 4.87. The van der Waals surface area contributed by atoms with Crippen molar-refractivity contribution >= 4 is 0 Å². The van der Waals surface area contributed by atoms with E-state index in [4.69, 9.17) is 10.5 Å². The molecule has 0 saturated heterocycles. The van der Waals surface area contributed by atoms with E-state index >= 15 is 0 Å². The molecule has 2 nitrogen and oxygen atoms in total. The molecule has 1 aliphatic rings. The number of ether oxygens (including phenoxy) is 1. The van der Waals surface area contributed by atoms with E-state index in [-0.39, 0.29) is 0 Å². The first-order chi connectivity index (χ1) is 4.34. The van der Waals surface area contributed by atoms with Crippen molar-refractivity contribution in [2.75, 3.05) is 7.11 Å². The largest absolute Gasteiger partial charge is 0.494 e. The van der Waals surface area contributed by atoms with Gasteiger partial charge in [0, 0.05) is 0 Å². The quantitative estimate of drug-likeness (QED) is 0.518. The molecule has 0 atom stereocenters. The monoisotopic (exact) mass is 121 g/mol. The highest BCUT2D eigenvalue weighted by molar-refractivity contribution is 5.29. The highest BCUT2D eigenvalue weighted by Crippen LogP contribution is 2.04. The van der Waals surface area contributed by atoms with Crippen LogP contribution in [0.1, 0.15) is 0 Å². The van der Waals surface area contributed by atoms with E-state index in [1.54, 1.807) is 19.3 Å². The van der Waals surface area contributed by atoms with Crippen LogP contribution in [0, 0.1) is 0 Å². The summed E-state index contributed by atoms with van der Waals surface area (Å²) in [5, 5.41) is 0. The first-order valence-electron chi connectivity index (χ1n) is 2.56. The summed E-state index contributed by atoms with van der Waals surface area (Å²) in [4.78, 5) is 0. The van der Waals surface area contributed by atoms with Gasteiger partial charge in [-0.05, 0) is 17.9 Å². The summed E-state index contributed by atoms with van der Waals surface area (Å²) in [6, 6.07) is 0. The van der Waals surface area contributed by atoms with Crippen LogP contribution in [-0.2, 0) is 4.74 Å². The summed E-state index contributed by atoms with van der Waals surface area (Å²) in [5.74, 6) is 0.647. The lowest BCUT2D eigenvalue weighted by molar-refractivity contribution is 0.300. The van der Waals surface area contributed by atoms with Crippen molar-refractivity contribution in [3.8, 4) is 0 Å². The third kappa shape index (κ3) is 1.06. The molecule has 0 radical (unpaired) electrons. The first kappa shape index (κ1) is 5.77. The predicted molar refractivity (Wildman–Crippen MR) is 34.4 cm³/mol. The van der Waals surface area contributed by atoms with Gasteiger partial charge in [-0.25, -0.2) is 0 Å². The fourth-order valence-corrected chi connectivity index (χ4v) is 0.566. The minimum Gasteiger partial charge on any atom is -0.494 e. The average molecular weight is 121 g/mol. The second-order valence-electron chi connectivity index (χ2n) is 1.58. The zero-order chi connectivity index (χ0) is 6.69. The number of nitrogens with two attached hydrogens (primary N) is 1. The molecule has 0 aromatic heterocycles. The van der Waals surface area contributed by atoms with Gasteiger partial charge in [0.2, 0.25) is 0 Å². The van der Waals surface area contributed by atoms with Crippen molar-refractivity contribution < 1.29 is 4.74 Å². The SMILES string of the molecule is COC1=CC=C=C=C1N. The van der Waals surface area contributed by atoms with Crippen LogP contribution in [0.4, 0.5) is 0 Å². The molecule has 0 saturated carbocycles. The van der Waals surface area contributed by atoms with Crippen LogP contribution in [0.5, 0.6) is 0 Å². The molecule has 0 aromatic carbocycles. The zero-order valence-corrected chi connectivity index (χ0v) is 5.14. The molecule has 0 fully saturated rings. The molecule has 0 unspecified atom stereocenters. The molecule has 1 rings (SSSR count). The molecule has 0 spiro atoms. The van der Waals surface area contributed by atoms with E-state index in [9.17, 15) is 0 Å². The molecule has 2 heteroatoms. The second kappa shape index (κ2) is 2.27. The van der Waals surface area contributed by atoms with Crippen LogP contribution < -0.4 is 5.73 Å². The molecule has 0 amide bonds. The number of rotatable bonds is 1. The molecule has 46 valence electrons. The van der Waals surface area contributed by atoms with Gasteiger partial charge in [-0.1, -0.05) is 5.73 Å². The molecule has 0 aromatic rings. The smallest absolute Gasteiger partial charge is 0.151 e.